The molecule has 5 nitrogen and oxygen atoms in total. The molecular weight excluding hydrogens is 338 g/mol. The Kier molecular flexibility index (Phi) is 5.00. The highest BCUT2D eigenvalue weighted by Gasteiger charge is 2.24. The van der Waals surface area contributed by atoms with Crippen LogP contribution in [-0.2, 0) is 12.8 Å². The van der Waals surface area contributed by atoms with Gasteiger partial charge >= 0.3 is 0 Å². The van der Waals surface area contributed by atoms with Gasteiger partial charge in [0.05, 0.1) is 0 Å². The second-order valence-electron chi connectivity index (χ2n) is 7.59. The molecule has 0 saturated carbocycles. The number of nitriles is 1. The Balaban J connectivity index is 1.67. The number of hydrogen-bond donors (Lipinski definition) is 0. The van der Waals surface area contributed by atoms with Crippen LogP contribution in [0.25, 0.3) is 11.1 Å². The Hall–Kier alpha value is -2.58. The summed E-state index contributed by atoms with van der Waals surface area (Å²) in [6, 6.07) is 6.18. The van der Waals surface area contributed by atoms with Gasteiger partial charge in [-0.25, -0.2) is 4.98 Å². The molecule has 1 saturated heterocycles. The van der Waals surface area contributed by atoms with Gasteiger partial charge in [0.1, 0.15) is 6.10 Å². The molecule has 2 heterocycles. The smallest absolute Gasteiger partial charge is 0.292 e. The van der Waals surface area contributed by atoms with Crippen molar-refractivity contribution in [1.29, 1.82) is 5.26 Å². The van der Waals surface area contributed by atoms with E-state index in [0.717, 1.165) is 61.9 Å². The van der Waals surface area contributed by atoms with Crippen molar-refractivity contribution in [3.63, 3.8) is 0 Å². The van der Waals surface area contributed by atoms with Crippen LogP contribution >= 0.6 is 0 Å². The molecule has 2 aliphatic rings. The number of aromatic nitrogens is 1. The first-order valence-corrected chi connectivity index (χ1v) is 9.68. The quantitative estimate of drug-likeness (QED) is 0.772. The number of benzene rings is 1. The van der Waals surface area contributed by atoms with Gasteiger partial charge in [0.15, 0.2) is 5.75 Å². The maximum absolute atomic E-state index is 9.19. The first-order valence-electron chi connectivity index (χ1n) is 9.68. The van der Waals surface area contributed by atoms with Crippen LogP contribution in [-0.4, -0.2) is 36.1 Å². The predicted molar refractivity (Wildman–Crippen MR) is 104 cm³/mol. The summed E-state index contributed by atoms with van der Waals surface area (Å²) in [5.41, 5.74) is 5.57. The fourth-order valence-electron chi connectivity index (χ4n) is 4.27. The van der Waals surface area contributed by atoms with Crippen LogP contribution in [0.4, 0.5) is 0 Å². The van der Waals surface area contributed by atoms with Gasteiger partial charge in [0, 0.05) is 30.9 Å². The number of fused-ring (bicyclic) bond motifs is 1. The van der Waals surface area contributed by atoms with Crippen LogP contribution in [0.15, 0.2) is 24.4 Å². The van der Waals surface area contributed by atoms with Crippen LogP contribution in [0.2, 0.25) is 0 Å². The molecule has 0 bridgehead atoms. The monoisotopic (exact) mass is 363 g/mol. The minimum atomic E-state index is 0.208. The van der Waals surface area contributed by atoms with E-state index in [1.165, 1.54) is 11.1 Å². The van der Waals surface area contributed by atoms with E-state index in [4.69, 9.17) is 9.47 Å². The largest absolute Gasteiger partial charge is 0.474 e. The summed E-state index contributed by atoms with van der Waals surface area (Å²) < 4.78 is 11.6. The number of pyridine rings is 1. The highest BCUT2D eigenvalue weighted by Crippen LogP contribution is 2.42. The Morgan fingerprint density at radius 2 is 2.04 bits per heavy atom. The highest BCUT2D eigenvalue weighted by molar-refractivity contribution is 5.77. The van der Waals surface area contributed by atoms with Crippen molar-refractivity contribution in [3.8, 4) is 29.0 Å². The first kappa shape index (κ1) is 17.8. The van der Waals surface area contributed by atoms with Crippen molar-refractivity contribution in [2.75, 3.05) is 20.1 Å². The molecule has 140 valence electrons. The Morgan fingerprint density at radius 3 is 2.81 bits per heavy atom. The third-order valence-electron chi connectivity index (χ3n) is 5.67. The Labute approximate surface area is 160 Å². The number of rotatable bonds is 4. The molecular formula is C22H25N3O2. The van der Waals surface area contributed by atoms with Crippen LogP contribution in [0.1, 0.15) is 36.0 Å². The lowest BCUT2D eigenvalue weighted by Crippen LogP contribution is -2.35. The standard InChI is InChI=1S/C22H25N3O2/c1-15-12-16-4-3-5-19(16)22(26-14-23)21(15)17-6-9-24-20(13-17)27-18-7-10-25(2)11-8-18/h6,9,12-13,18H,3-5,7-8,10-11H2,1-2H3. The average Bonchev–Trinajstić information content (AvgIpc) is 3.12. The number of ether oxygens (including phenoxy) is 2. The SMILES string of the molecule is Cc1cc2c(c(OC#N)c1-c1ccnc(OC3CCN(C)CC3)c1)CCC2. The van der Waals surface area contributed by atoms with E-state index in [1.54, 1.807) is 6.20 Å². The zero-order valence-electron chi connectivity index (χ0n) is 16.0. The van der Waals surface area contributed by atoms with Crippen LogP contribution in [0, 0.1) is 18.4 Å². The summed E-state index contributed by atoms with van der Waals surface area (Å²) in [5.74, 6) is 1.35. The maximum Gasteiger partial charge on any atom is 0.292 e. The van der Waals surface area contributed by atoms with Gasteiger partial charge < -0.3 is 14.4 Å². The molecule has 1 aromatic carbocycles. The van der Waals surface area contributed by atoms with E-state index >= 15 is 0 Å². The zero-order valence-corrected chi connectivity index (χ0v) is 16.0. The zero-order chi connectivity index (χ0) is 18.8. The van der Waals surface area contributed by atoms with Gasteiger partial charge in [-0.3, -0.25) is 0 Å². The van der Waals surface area contributed by atoms with Gasteiger partial charge in [-0.2, -0.15) is 0 Å². The highest BCUT2D eigenvalue weighted by atomic mass is 16.5. The maximum atomic E-state index is 9.19. The van der Waals surface area contributed by atoms with Crippen molar-refractivity contribution < 1.29 is 9.47 Å². The third kappa shape index (κ3) is 3.63. The van der Waals surface area contributed by atoms with Crippen molar-refractivity contribution in [2.24, 2.45) is 0 Å². The summed E-state index contributed by atoms with van der Waals surface area (Å²) in [6.45, 7) is 4.18. The van der Waals surface area contributed by atoms with Gasteiger partial charge in [-0.1, -0.05) is 6.07 Å². The molecule has 0 N–H and O–H groups in total. The fraction of sp³-hybridized carbons (Fsp3) is 0.455. The third-order valence-corrected chi connectivity index (χ3v) is 5.67. The Bertz CT molecular complexity index is 880. The molecule has 1 aliphatic carbocycles. The average molecular weight is 363 g/mol. The summed E-state index contributed by atoms with van der Waals surface area (Å²) in [6.07, 6.45) is 9.03. The molecule has 1 fully saturated rings. The molecule has 2 aromatic rings. The van der Waals surface area contributed by atoms with Crippen LogP contribution in [0.5, 0.6) is 11.6 Å². The molecule has 5 heteroatoms. The molecule has 0 radical (unpaired) electrons. The van der Waals surface area contributed by atoms with Crippen molar-refractivity contribution in [1.82, 2.24) is 9.88 Å². The van der Waals surface area contributed by atoms with Crippen molar-refractivity contribution in [2.45, 2.75) is 45.1 Å². The minimum Gasteiger partial charge on any atom is -0.474 e. The molecule has 0 spiro atoms. The number of hydrogen-bond acceptors (Lipinski definition) is 5. The number of piperidine rings is 1. The van der Waals surface area contributed by atoms with Crippen LogP contribution in [0.3, 0.4) is 0 Å². The lowest BCUT2D eigenvalue weighted by Gasteiger charge is -2.29. The predicted octanol–water partition coefficient (Wildman–Crippen LogP) is 3.88. The lowest BCUT2D eigenvalue weighted by molar-refractivity contribution is 0.110. The molecule has 0 amide bonds. The first-order chi connectivity index (χ1) is 13.2. The number of aryl methyl sites for hydroxylation is 2. The molecule has 4 rings (SSSR count). The van der Waals surface area contributed by atoms with Crippen molar-refractivity contribution in [3.05, 3.63) is 41.1 Å². The molecule has 27 heavy (non-hydrogen) atoms. The van der Waals surface area contributed by atoms with E-state index < -0.39 is 0 Å². The lowest BCUT2D eigenvalue weighted by atomic mass is 9.94. The molecule has 0 unspecified atom stereocenters. The summed E-state index contributed by atoms with van der Waals surface area (Å²) >= 11 is 0. The van der Waals surface area contributed by atoms with E-state index in [2.05, 4.69) is 29.9 Å². The molecule has 0 atom stereocenters. The number of likely N-dealkylation sites (tertiary alicyclic amines) is 1. The second-order valence-corrected chi connectivity index (χ2v) is 7.59. The van der Waals surface area contributed by atoms with E-state index in [0.29, 0.717) is 11.6 Å². The fourth-order valence-corrected chi connectivity index (χ4v) is 4.27. The molecule has 1 aliphatic heterocycles. The van der Waals surface area contributed by atoms with E-state index in [-0.39, 0.29) is 6.10 Å². The summed E-state index contributed by atoms with van der Waals surface area (Å²) in [7, 11) is 2.14. The van der Waals surface area contributed by atoms with Crippen molar-refractivity contribution >= 4 is 0 Å². The Morgan fingerprint density at radius 1 is 1.22 bits per heavy atom. The van der Waals surface area contributed by atoms with E-state index in [9.17, 15) is 5.26 Å². The van der Waals surface area contributed by atoms with Gasteiger partial charge in [0.25, 0.3) is 6.26 Å². The van der Waals surface area contributed by atoms with Crippen LogP contribution < -0.4 is 9.47 Å². The number of nitrogens with zero attached hydrogens (tertiary/aromatic N) is 3. The van der Waals surface area contributed by atoms with Gasteiger partial charge in [0.2, 0.25) is 5.88 Å². The van der Waals surface area contributed by atoms with E-state index in [1.807, 2.05) is 18.4 Å². The minimum absolute atomic E-state index is 0.208. The topological polar surface area (TPSA) is 58.4 Å². The normalized spacial score (nSPS) is 17.4. The second kappa shape index (κ2) is 7.58. The van der Waals surface area contributed by atoms with Gasteiger partial charge in [-0.05, 0) is 74.4 Å². The summed E-state index contributed by atoms with van der Waals surface area (Å²) in [4.78, 5) is 6.74. The molecule has 1 aromatic heterocycles. The van der Waals surface area contributed by atoms with Gasteiger partial charge in [-0.15, -0.1) is 5.26 Å². The summed E-state index contributed by atoms with van der Waals surface area (Å²) in [5, 5.41) is 9.19.